The second kappa shape index (κ2) is 34.7. The van der Waals surface area contributed by atoms with Gasteiger partial charge in [0.05, 0.1) is 55.3 Å². The van der Waals surface area contributed by atoms with Crippen molar-refractivity contribution in [3.63, 3.8) is 0 Å². The number of hydrogen-bond acceptors (Lipinski definition) is 14. The zero-order valence-electron chi connectivity index (χ0n) is 53.6. The Balaban J connectivity index is 1.33. The minimum Gasteiger partial charge on any atom is -0.481 e. The Bertz CT molecular complexity index is 2590. The zero-order valence-corrected chi connectivity index (χ0v) is 53.6. The predicted molar refractivity (Wildman–Crippen MR) is 327 cm³/mol. The summed E-state index contributed by atoms with van der Waals surface area (Å²) < 4.78 is 17.8. The molecule has 2 aromatic rings. The van der Waals surface area contributed by atoms with Crippen molar-refractivity contribution in [2.45, 2.75) is 189 Å². The van der Waals surface area contributed by atoms with Crippen molar-refractivity contribution >= 4 is 64.6 Å². The van der Waals surface area contributed by atoms with Crippen LogP contribution in [-0.2, 0) is 70.4 Å². The van der Waals surface area contributed by atoms with Crippen molar-refractivity contribution in [3.05, 3.63) is 65.7 Å². The van der Waals surface area contributed by atoms with Crippen LogP contribution in [0.25, 0.3) is 0 Å². The number of rotatable bonds is 37. The number of carboxylic acid groups (broad SMARTS) is 1. The fraction of sp³-hybridized carbons (Fsp3) is 0.667. The van der Waals surface area contributed by atoms with Gasteiger partial charge in [0.15, 0.2) is 11.6 Å². The Morgan fingerprint density at radius 2 is 1.42 bits per heavy atom. The van der Waals surface area contributed by atoms with Gasteiger partial charge in [-0.05, 0) is 79.0 Å². The van der Waals surface area contributed by atoms with E-state index >= 15 is 0 Å². The number of methoxy groups -OCH3 is 2. The monoisotopic (exact) mass is 1200 g/mol. The Morgan fingerprint density at radius 3 is 1.98 bits per heavy atom. The second-order valence-corrected chi connectivity index (χ2v) is 25.0. The zero-order chi connectivity index (χ0) is 64.1. The lowest BCUT2D eigenvalue weighted by atomic mass is 9.83. The van der Waals surface area contributed by atoms with Gasteiger partial charge in [-0.15, -0.1) is 0 Å². The lowest BCUT2D eigenvalue weighted by Gasteiger charge is -2.41. The van der Waals surface area contributed by atoms with Gasteiger partial charge in [0.25, 0.3) is 0 Å². The van der Waals surface area contributed by atoms with E-state index in [1.54, 1.807) is 55.0 Å². The number of likely N-dealkylation sites (N-methyl/N-ethyl adjacent to an activating group) is 2. The number of benzene rings is 2. The minimum absolute atomic E-state index is 0.0464. The Kier molecular flexibility index (Phi) is 29.0. The molecule has 6 amide bonds. The van der Waals surface area contributed by atoms with E-state index in [0.29, 0.717) is 62.9 Å². The van der Waals surface area contributed by atoms with E-state index in [9.17, 15) is 53.1 Å². The standard InChI is InChI=1S/C66H100N6O14/c1-15-43(8)61(55(84-13)37-58(78)71-32-22-25-51(71)62(85-14)45(10)52(73)35-48(65(81)82)34-46-23-18-16-19-24-46)69(11)64(80)50(40(2)3)36-53(74)60(42(6)7)70(12)66(83)86-39-47-27-29-49(30-28-47)67-38-54(75)59(41(4)5)68-56(76)26-20-17-21-31-72-57(77)33-44(9)63(72)79/h16,18-19,23-24,27-30,40-45,48,50-51,55,59-62,67H,15,17,20-22,25-26,31-39H2,1-14H3,(H,68,76)(H,81,82)/t43-,44?,45-,48?,50-,51-,55+,59-,60-,61-,62+/m0/s1. The van der Waals surface area contributed by atoms with Crippen molar-refractivity contribution in [1.29, 1.82) is 0 Å². The van der Waals surface area contributed by atoms with Crippen molar-refractivity contribution in [3.8, 4) is 0 Å². The molecule has 20 nitrogen and oxygen atoms in total. The van der Waals surface area contributed by atoms with Crippen molar-refractivity contribution in [1.82, 2.24) is 24.9 Å². The van der Waals surface area contributed by atoms with Gasteiger partial charge >= 0.3 is 12.1 Å². The van der Waals surface area contributed by atoms with E-state index in [1.807, 2.05) is 85.7 Å². The molecule has 2 saturated heterocycles. The number of carbonyl (C=O) groups excluding carboxylic acids is 9. The number of imide groups is 1. The van der Waals surface area contributed by atoms with Crippen molar-refractivity contribution in [2.75, 3.05) is 53.3 Å². The van der Waals surface area contributed by atoms with Crippen LogP contribution >= 0.6 is 0 Å². The fourth-order valence-electron chi connectivity index (χ4n) is 12.2. The van der Waals surface area contributed by atoms with Gasteiger partial charge in [0, 0.05) is 90.5 Å². The van der Waals surface area contributed by atoms with E-state index in [0.717, 1.165) is 5.56 Å². The van der Waals surface area contributed by atoms with Crippen LogP contribution in [0.4, 0.5) is 10.5 Å². The Hall–Kier alpha value is -6.54. The number of unbranched alkanes of at least 4 members (excludes halogenated alkanes) is 2. The number of ether oxygens (including phenoxy) is 3. The first-order valence-corrected chi connectivity index (χ1v) is 31.0. The number of Topliss-reactive ketones (excluding diaryl/α,β-unsaturated/α-hetero) is 3. The summed E-state index contributed by atoms with van der Waals surface area (Å²) in [5, 5.41) is 16.0. The van der Waals surface area contributed by atoms with Crippen LogP contribution in [0.1, 0.15) is 151 Å². The van der Waals surface area contributed by atoms with Crippen LogP contribution in [-0.4, -0.2) is 168 Å². The third-order valence-electron chi connectivity index (χ3n) is 17.6. The highest BCUT2D eigenvalue weighted by Crippen LogP contribution is 2.32. The highest BCUT2D eigenvalue weighted by atomic mass is 16.6. The number of aliphatic carboxylic acids is 1. The van der Waals surface area contributed by atoms with Gasteiger partial charge in [-0.3, -0.25) is 48.1 Å². The Labute approximate surface area is 510 Å². The molecule has 2 unspecified atom stereocenters. The number of hydrogen-bond donors (Lipinski definition) is 3. The van der Waals surface area contributed by atoms with Gasteiger partial charge in [-0.2, -0.15) is 0 Å². The first-order chi connectivity index (χ1) is 40.7. The molecule has 86 heavy (non-hydrogen) atoms. The van der Waals surface area contributed by atoms with Gasteiger partial charge in [0.1, 0.15) is 12.4 Å². The molecule has 2 aromatic carbocycles. The normalized spacial score (nSPS) is 18.4. The lowest BCUT2D eigenvalue weighted by molar-refractivity contribution is -0.149. The molecule has 0 bridgehead atoms. The van der Waals surface area contributed by atoms with Crippen LogP contribution in [0.5, 0.6) is 0 Å². The van der Waals surface area contributed by atoms with Gasteiger partial charge in [-0.1, -0.05) is 125 Å². The highest BCUT2D eigenvalue weighted by molar-refractivity contribution is 6.03. The number of amides is 6. The largest absolute Gasteiger partial charge is 0.481 e. The molecule has 0 radical (unpaired) electrons. The molecule has 2 aliphatic heterocycles. The topological polar surface area (TPSA) is 256 Å². The molecular formula is C66H100N6O14. The first kappa shape index (κ1) is 71.9. The Morgan fingerprint density at radius 1 is 0.756 bits per heavy atom. The predicted octanol–water partition coefficient (Wildman–Crippen LogP) is 8.41. The fourth-order valence-corrected chi connectivity index (χ4v) is 12.2. The number of likely N-dealkylation sites (tertiary alicyclic amines) is 2. The van der Waals surface area contributed by atoms with Crippen molar-refractivity contribution in [2.24, 2.45) is 47.3 Å². The molecule has 2 heterocycles. The average molecular weight is 1200 g/mol. The quantitative estimate of drug-likeness (QED) is 0.0424. The molecular weight excluding hydrogens is 1100 g/mol. The molecule has 0 aromatic heterocycles. The van der Waals surface area contributed by atoms with Crippen LogP contribution in [0.3, 0.4) is 0 Å². The number of nitrogens with zero attached hydrogens (tertiary/aromatic N) is 4. The SMILES string of the molecule is CC[C@H](C)[C@@H]([C@@H](CC(=O)N1CCC[C@H]1[C@H](OC)[C@@H](C)C(=O)CC(Cc1ccccc1)C(=O)O)OC)N(C)C(=O)[C@@H](CC(=O)[C@H](C(C)C)N(C)C(=O)OCc1ccc(NCC(=O)[C@@H](NC(=O)CCCCCN2C(=O)CC(C)C2=O)C(C)C)cc1)C(C)C. The molecule has 3 N–H and O–H groups in total. The van der Waals surface area contributed by atoms with Crippen molar-refractivity contribution < 1.29 is 67.3 Å². The summed E-state index contributed by atoms with van der Waals surface area (Å²) in [6, 6.07) is 13.5. The maximum absolute atomic E-state index is 14.8. The summed E-state index contributed by atoms with van der Waals surface area (Å²) in [5.41, 5.74) is 2.10. The molecule has 478 valence electrons. The van der Waals surface area contributed by atoms with Gasteiger partial charge < -0.3 is 44.7 Å². The summed E-state index contributed by atoms with van der Waals surface area (Å²) in [5.74, 6) is -6.53. The molecule has 2 aliphatic rings. The lowest BCUT2D eigenvalue weighted by Crippen LogP contribution is -2.54. The summed E-state index contributed by atoms with van der Waals surface area (Å²) >= 11 is 0. The third kappa shape index (κ3) is 20.3. The molecule has 0 spiro atoms. The summed E-state index contributed by atoms with van der Waals surface area (Å²) in [6.45, 7) is 19.2. The molecule has 20 heteroatoms. The molecule has 0 saturated carbocycles. The average Bonchev–Trinajstić information content (AvgIpc) is 3.82. The maximum Gasteiger partial charge on any atom is 0.410 e. The molecule has 4 rings (SSSR count). The van der Waals surface area contributed by atoms with Gasteiger partial charge in [0.2, 0.25) is 29.5 Å². The van der Waals surface area contributed by atoms with Gasteiger partial charge in [-0.25, -0.2) is 4.79 Å². The van der Waals surface area contributed by atoms with E-state index in [-0.39, 0.29) is 128 Å². The summed E-state index contributed by atoms with van der Waals surface area (Å²) in [4.78, 5) is 140. The first-order valence-electron chi connectivity index (χ1n) is 31.0. The summed E-state index contributed by atoms with van der Waals surface area (Å²) in [7, 11) is 6.20. The third-order valence-corrected chi connectivity index (χ3v) is 17.6. The molecule has 0 aliphatic carbocycles. The number of anilines is 1. The highest BCUT2D eigenvalue weighted by Gasteiger charge is 2.44. The van der Waals surface area contributed by atoms with E-state index in [4.69, 9.17) is 14.2 Å². The van der Waals surface area contributed by atoms with E-state index in [1.165, 1.54) is 31.1 Å². The molecule has 11 atom stereocenters. The number of carboxylic acids is 1. The number of ketones is 3. The van der Waals surface area contributed by atoms with Crippen LogP contribution < -0.4 is 10.6 Å². The number of nitrogens with one attached hydrogen (secondary N) is 2. The van der Waals surface area contributed by atoms with E-state index < -0.39 is 66.2 Å². The minimum atomic E-state index is -1.06. The molecule has 2 fully saturated rings. The van der Waals surface area contributed by atoms with E-state index in [2.05, 4.69) is 10.6 Å². The number of carbonyl (C=O) groups is 10. The second-order valence-electron chi connectivity index (χ2n) is 25.0. The van der Waals surface area contributed by atoms with Crippen LogP contribution in [0.2, 0.25) is 0 Å². The summed E-state index contributed by atoms with van der Waals surface area (Å²) in [6.07, 6.45) is 1.79. The van der Waals surface area contributed by atoms with Crippen LogP contribution in [0, 0.1) is 47.3 Å². The smallest absolute Gasteiger partial charge is 0.410 e. The maximum atomic E-state index is 14.8. The van der Waals surface area contributed by atoms with Crippen LogP contribution in [0.15, 0.2) is 54.6 Å².